The summed E-state index contributed by atoms with van der Waals surface area (Å²) in [5.41, 5.74) is 6.57. The Labute approximate surface area is 228 Å². The van der Waals surface area contributed by atoms with Gasteiger partial charge in [-0.3, -0.25) is 0 Å². The van der Waals surface area contributed by atoms with Crippen LogP contribution in [0.5, 0.6) is 0 Å². The molecular formula is C24H31N5NaO4S. The summed E-state index contributed by atoms with van der Waals surface area (Å²) in [6.45, 7) is 4.42. The second kappa shape index (κ2) is 10.7. The minimum absolute atomic E-state index is 0. The van der Waals surface area contributed by atoms with Gasteiger partial charge in [0.25, 0.3) is 0 Å². The van der Waals surface area contributed by atoms with E-state index >= 15 is 0 Å². The van der Waals surface area contributed by atoms with Crippen LogP contribution in [0, 0.1) is 13.8 Å². The predicted octanol–water partition coefficient (Wildman–Crippen LogP) is 2.74. The van der Waals surface area contributed by atoms with E-state index in [9.17, 15) is 13.2 Å². The molecule has 0 atom stereocenters. The maximum atomic E-state index is 13.6. The molecule has 2 aromatic rings. The average Bonchev–Trinajstić information content (AvgIpc) is 3.45. The van der Waals surface area contributed by atoms with Gasteiger partial charge in [0.2, 0.25) is 0 Å². The van der Waals surface area contributed by atoms with Crippen molar-refractivity contribution in [1.29, 1.82) is 0 Å². The first-order chi connectivity index (χ1) is 16.3. The number of benzene rings is 1. The van der Waals surface area contributed by atoms with Crippen LogP contribution < -0.4 is 14.3 Å². The molecule has 2 N–H and O–H groups in total. The molecule has 2 heterocycles. The van der Waals surface area contributed by atoms with Gasteiger partial charge in [-0.15, -0.1) is 0 Å². The molecule has 0 bridgehead atoms. The van der Waals surface area contributed by atoms with Gasteiger partial charge < -0.3 is 10.1 Å². The molecule has 2 amide bonds. The van der Waals surface area contributed by atoms with Gasteiger partial charge in [0.05, 0.1) is 23.6 Å². The molecule has 11 heteroatoms. The molecule has 3 aliphatic rings. The van der Waals surface area contributed by atoms with Gasteiger partial charge >= 0.3 is 16.2 Å². The number of nitrogens with zero attached hydrogens (tertiary/aromatic N) is 3. The number of carbonyl (C=O) groups is 1. The Bertz CT molecular complexity index is 1200. The molecule has 9 nitrogen and oxygen atoms in total. The Balaban J connectivity index is 0.00000289. The fraction of sp³-hybridized carbons (Fsp3) is 0.542. The molecule has 0 spiro atoms. The Morgan fingerprint density at radius 3 is 2.29 bits per heavy atom. The molecule has 5 rings (SSSR count). The first-order valence-corrected chi connectivity index (χ1v) is 13.4. The Kier molecular flexibility index (Phi) is 8.07. The summed E-state index contributed by atoms with van der Waals surface area (Å²) in [5, 5.41) is 2.92. The smallest absolute Gasteiger partial charge is 0.334 e. The minimum atomic E-state index is -4.22. The van der Waals surface area contributed by atoms with Crippen LogP contribution in [-0.4, -0.2) is 73.2 Å². The topological polar surface area (TPSA) is 114 Å². The third-order valence-corrected chi connectivity index (χ3v) is 8.48. The van der Waals surface area contributed by atoms with E-state index in [1.165, 1.54) is 21.6 Å². The molecule has 35 heavy (non-hydrogen) atoms. The molecule has 1 aliphatic heterocycles. The van der Waals surface area contributed by atoms with E-state index in [1.54, 1.807) is 13.8 Å². The molecule has 0 unspecified atom stereocenters. The number of aromatic nitrogens is 2. The summed E-state index contributed by atoms with van der Waals surface area (Å²) in [6, 6.07) is 1.18. The molecule has 1 radical (unpaired) electrons. The number of rotatable bonds is 5. The number of amides is 2. The van der Waals surface area contributed by atoms with Gasteiger partial charge in [-0.25, -0.2) is 23.8 Å². The zero-order chi connectivity index (χ0) is 23.9. The van der Waals surface area contributed by atoms with Crippen molar-refractivity contribution in [2.45, 2.75) is 71.3 Å². The number of hydrogen-bond donors (Lipinski definition) is 2. The van der Waals surface area contributed by atoms with Crippen molar-refractivity contribution in [1.82, 2.24) is 14.7 Å². The van der Waals surface area contributed by atoms with Crippen LogP contribution in [0.4, 0.5) is 16.2 Å². The third-order valence-electron chi connectivity index (χ3n) is 7.03. The van der Waals surface area contributed by atoms with Crippen molar-refractivity contribution in [3.8, 4) is 0 Å². The van der Waals surface area contributed by atoms with Crippen molar-refractivity contribution >= 4 is 57.2 Å². The van der Waals surface area contributed by atoms with E-state index < -0.39 is 16.2 Å². The van der Waals surface area contributed by atoms with Crippen molar-refractivity contribution < 1.29 is 17.9 Å². The Morgan fingerprint density at radius 1 is 1.06 bits per heavy atom. The number of ether oxygens (including phenoxy) is 1. The molecular weight excluding hydrogens is 477 g/mol. The summed E-state index contributed by atoms with van der Waals surface area (Å²) in [7, 11) is -4.22. The summed E-state index contributed by atoms with van der Waals surface area (Å²) in [6.07, 6.45) is 8.47. The normalized spacial score (nSPS) is 17.3. The number of fused-ring (bicyclic) bond motifs is 2. The van der Waals surface area contributed by atoms with E-state index in [0.717, 1.165) is 55.3 Å². The number of aryl methyl sites for hydroxylation is 4. The zero-order valence-corrected chi connectivity index (χ0v) is 23.5. The number of urea groups is 1. The maximum Gasteiger partial charge on any atom is 0.334 e. The van der Waals surface area contributed by atoms with E-state index in [4.69, 9.17) is 4.74 Å². The molecule has 1 aromatic heterocycles. The number of anilines is 2. The van der Waals surface area contributed by atoms with Crippen LogP contribution in [0.3, 0.4) is 0 Å². The van der Waals surface area contributed by atoms with Gasteiger partial charge in [0.15, 0.2) is 0 Å². The minimum Gasteiger partial charge on any atom is -0.381 e. The van der Waals surface area contributed by atoms with Crippen LogP contribution in [0.1, 0.15) is 59.5 Å². The van der Waals surface area contributed by atoms with Gasteiger partial charge in [-0.2, -0.15) is 8.42 Å². The number of nitrogens with one attached hydrogen (secondary N) is 2. The summed E-state index contributed by atoms with van der Waals surface area (Å²) >= 11 is 0. The third kappa shape index (κ3) is 5.36. The Morgan fingerprint density at radius 2 is 1.69 bits per heavy atom. The summed E-state index contributed by atoms with van der Waals surface area (Å²) in [4.78, 5) is 21.7. The van der Waals surface area contributed by atoms with E-state index in [1.807, 2.05) is 0 Å². The van der Waals surface area contributed by atoms with Crippen molar-refractivity contribution in [2.24, 2.45) is 0 Å². The van der Waals surface area contributed by atoms with Crippen LogP contribution in [-0.2, 0) is 40.6 Å². The van der Waals surface area contributed by atoms with E-state index in [-0.39, 0.29) is 35.6 Å². The molecule has 2 aliphatic carbocycles. The first-order valence-electron chi connectivity index (χ1n) is 12.0. The van der Waals surface area contributed by atoms with Crippen LogP contribution >= 0.6 is 0 Å². The fourth-order valence-electron chi connectivity index (χ4n) is 5.51. The quantitative estimate of drug-likeness (QED) is 0.601. The van der Waals surface area contributed by atoms with Crippen molar-refractivity contribution in [3.63, 3.8) is 0 Å². The Hall–Kier alpha value is -1.72. The van der Waals surface area contributed by atoms with E-state index in [2.05, 4.69) is 26.1 Å². The van der Waals surface area contributed by atoms with Gasteiger partial charge in [0, 0.05) is 48.5 Å². The van der Waals surface area contributed by atoms with Crippen LogP contribution in [0.15, 0.2) is 12.3 Å². The SMILES string of the molecule is Cc1ncc(N(C2CCOCC2)S(=O)(=O)NC(=O)Nc2c3c(cc4c2CCC4)CCC3)c(C)n1.[Na]. The van der Waals surface area contributed by atoms with Crippen LogP contribution in [0.25, 0.3) is 0 Å². The summed E-state index contributed by atoms with van der Waals surface area (Å²) < 4.78 is 36.2. The van der Waals surface area contributed by atoms with Crippen molar-refractivity contribution in [3.05, 3.63) is 46.0 Å². The largest absolute Gasteiger partial charge is 0.381 e. The zero-order valence-electron chi connectivity index (χ0n) is 20.7. The average molecular weight is 509 g/mol. The van der Waals surface area contributed by atoms with Gasteiger partial charge in [-0.1, -0.05) is 6.07 Å². The first kappa shape index (κ1) is 26.3. The standard InChI is InChI=1S/C24H31N5O4S.Na/c1-15-22(14-25-16(2)26-15)29(19-9-11-33-12-10-19)34(31,32)28-24(30)27-23-20-7-3-5-17(20)13-18-6-4-8-21(18)23;/h13-14,19H,3-12H2,1-2H3,(H2,27,28,30);. The van der Waals surface area contributed by atoms with Crippen LogP contribution in [0.2, 0.25) is 0 Å². The molecule has 1 aromatic carbocycles. The number of carbonyl (C=O) groups excluding carboxylic acids is 1. The van der Waals surface area contributed by atoms with Gasteiger partial charge in [-0.05, 0) is 87.5 Å². The molecule has 1 saturated heterocycles. The number of hydrogen-bond acceptors (Lipinski definition) is 6. The van der Waals surface area contributed by atoms with Gasteiger partial charge in [0.1, 0.15) is 5.82 Å². The van der Waals surface area contributed by atoms with E-state index in [0.29, 0.717) is 43.3 Å². The monoisotopic (exact) mass is 508 g/mol. The molecule has 183 valence electrons. The summed E-state index contributed by atoms with van der Waals surface area (Å²) in [5.74, 6) is 0.558. The molecule has 0 saturated carbocycles. The second-order valence-electron chi connectivity index (χ2n) is 9.32. The van der Waals surface area contributed by atoms with Crippen molar-refractivity contribution in [2.75, 3.05) is 22.8 Å². The second-order valence-corrected chi connectivity index (χ2v) is 10.9. The predicted molar refractivity (Wildman–Crippen MR) is 135 cm³/mol. The maximum absolute atomic E-state index is 13.6. The molecule has 1 fully saturated rings. The fourth-order valence-corrected chi connectivity index (χ4v) is 6.93.